The average molecular weight is 238 g/mol. The Morgan fingerprint density at radius 2 is 1.94 bits per heavy atom. The summed E-state index contributed by atoms with van der Waals surface area (Å²) in [5.41, 5.74) is -0.817. The number of carbonyl (C=O) groups is 1. The predicted octanol–water partition coefficient (Wildman–Crippen LogP) is 2.36. The van der Waals surface area contributed by atoms with Gasteiger partial charge in [0.25, 0.3) is 0 Å². The second kappa shape index (κ2) is 5.05. The van der Waals surface area contributed by atoms with Crippen LogP contribution < -0.4 is 5.32 Å². The molecule has 92 valence electrons. The molecule has 0 saturated heterocycles. The molecule has 0 unspecified atom stereocenters. The van der Waals surface area contributed by atoms with Crippen molar-refractivity contribution < 1.29 is 22.7 Å². The van der Waals surface area contributed by atoms with E-state index in [0.29, 0.717) is 0 Å². The normalized spacial score (nSPS) is 13.8. The van der Waals surface area contributed by atoms with E-state index in [1.54, 1.807) is 20.8 Å². The molecule has 4 nitrogen and oxygen atoms in total. The summed E-state index contributed by atoms with van der Waals surface area (Å²) in [5.74, 6) is 0. The molecule has 1 amide bonds. The van der Waals surface area contributed by atoms with Gasteiger partial charge in [0.15, 0.2) is 0 Å². The Balaban J connectivity index is 4.25. The third kappa shape index (κ3) is 7.91. The lowest BCUT2D eigenvalue weighted by Gasteiger charge is -2.21. The van der Waals surface area contributed by atoms with E-state index in [2.05, 4.69) is 0 Å². The standard InChI is InChI=1S/C9H13F3N2O2/c1-8(2,3)16-7(15)14-6(5-13)4-9(10,11)12/h6H,4H2,1-3H3,(H,14,15)/t6-/m1/s1. The highest BCUT2D eigenvalue weighted by atomic mass is 19.4. The van der Waals surface area contributed by atoms with Crippen LogP contribution in [0.3, 0.4) is 0 Å². The zero-order valence-corrected chi connectivity index (χ0v) is 9.18. The van der Waals surface area contributed by atoms with Crippen LogP contribution in [0.1, 0.15) is 27.2 Å². The van der Waals surface area contributed by atoms with Crippen LogP contribution in [0, 0.1) is 11.3 Å². The highest BCUT2D eigenvalue weighted by Gasteiger charge is 2.33. The van der Waals surface area contributed by atoms with Crippen LogP contribution >= 0.6 is 0 Å². The molecule has 16 heavy (non-hydrogen) atoms. The third-order valence-electron chi connectivity index (χ3n) is 1.28. The Morgan fingerprint density at radius 3 is 2.25 bits per heavy atom. The van der Waals surface area contributed by atoms with E-state index < -0.39 is 30.3 Å². The number of alkyl halides is 3. The zero-order valence-electron chi connectivity index (χ0n) is 9.18. The Bertz CT molecular complexity index is 289. The monoisotopic (exact) mass is 238 g/mol. The van der Waals surface area contributed by atoms with Gasteiger partial charge < -0.3 is 10.1 Å². The van der Waals surface area contributed by atoms with E-state index in [9.17, 15) is 18.0 Å². The number of rotatable bonds is 2. The lowest BCUT2D eigenvalue weighted by Crippen LogP contribution is -2.40. The fraction of sp³-hybridized carbons (Fsp3) is 0.778. The van der Waals surface area contributed by atoms with Gasteiger partial charge in [-0.2, -0.15) is 18.4 Å². The number of nitrogens with one attached hydrogen (secondary N) is 1. The lowest BCUT2D eigenvalue weighted by molar-refractivity contribution is -0.136. The molecule has 0 radical (unpaired) electrons. The topological polar surface area (TPSA) is 62.1 Å². The van der Waals surface area contributed by atoms with Crippen LogP contribution in [0.4, 0.5) is 18.0 Å². The van der Waals surface area contributed by atoms with Gasteiger partial charge in [-0.3, -0.25) is 0 Å². The fourth-order valence-corrected chi connectivity index (χ4v) is 0.810. The number of halogens is 3. The van der Waals surface area contributed by atoms with Gasteiger partial charge in [-0.1, -0.05) is 0 Å². The van der Waals surface area contributed by atoms with E-state index in [4.69, 9.17) is 10.00 Å². The Kier molecular flexibility index (Phi) is 4.60. The van der Waals surface area contributed by atoms with Gasteiger partial charge in [0.05, 0.1) is 12.5 Å². The zero-order chi connectivity index (χ0) is 13.0. The molecular weight excluding hydrogens is 225 g/mol. The van der Waals surface area contributed by atoms with Crippen molar-refractivity contribution in [2.45, 2.75) is 45.0 Å². The van der Waals surface area contributed by atoms with Crippen molar-refractivity contribution in [2.75, 3.05) is 0 Å². The van der Waals surface area contributed by atoms with Crippen LogP contribution in [0.5, 0.6) is 0 Å². The molecule has 1 atom stereocenters. The summed E-state index contributed by atoms with van der Waals surface area (Å²) in [7, 11) is 0. The minimum Gasteiger partial charge on any atom is -0.444 e. The molecule has 0 heterocycles. The minimum atomic E-state index is -4.50. The Labute approximate surface area is 91.4 Å². The first-order valence-corrected chi connectivity index (χ1v) is 4.49. The van der Waals surface area contributed by atoms with E-state index in [0.717, 1.165) is 0 Å². The van der Waals surface area contributed by atoms with Gasteiger partial charge in [-0.05, 0) is 20.8 Å². The average Bonchev–Trinajstić information content (AvgIpc) is 1.96. The molecule has 0 spiro atoms. The number of amides is 1. The molecule has 0 bridgehead atoms. The molecule has 0 rings (SSSR count). The lowest BCUT2D eigenvalue weighted by atomic mass is 10.2. The summed E-state index contributed by atoms with van der Waals surface area (Å²) >= 11 is 0. The third-order valence-corrected chi connectivity index (χ3v) is 1.28. The molecule has 0 aromatic carbocycles. The van der Waals surface area contributed by atoms with Crippen molar-refractivity contribution in [1.82, 2.24) is 5.32 Å². The molecule has 0 aliphatic carbocycles. The maximum absolute atomic E-state index is 11.9. The number of nitrogens with zero attached hydrogens (tertiary/aromatic N) is 1. The van der Waals surface area contributed by atoms with Crippen LogP contribution in [0.15, 0.2) is 0 Å². The first kappa shape index (κ1) is 14.6. The van der Waals surface area contributed by atoms with Crippen molar-refractivity contribution in [1.29, 1.82) is 5.26 Å². The Hall–Kier alpha value is -1.45. The molecule has 0 saturated carbocycles. The van der Waals surface area contributed by atoms with Gasteiger partial charge in [-0.25, -0.2) is 4.79 Å². The van der Waals surface area contributed by atoms with E-state index >= 15 is 0 Å². The van der Waals surface area contributed by atoms with Crippen LogP contribution in [0.2, 0.25) is 0 Å². The maximum Gasteiger partial charge on any atom is 0.408 e. The van der Waals surface area contributed by atoms with Crippen molar-refractivity contribution >= 4 is 6.09 Å². The first-order chi connectivity index (χ1) is 7.03. The van der Waals surface area contributed by atoms with Crippen molar-refractivity contribution in [3.63, 3.8) is 0 Å². The number of ether oxygens (including phenoxy) is 1. The fourth-order valence-electron chi connectivity index (χ4n) is 0.810. The first-order valence-electron chi connectivity index (χ1n) is 4.49. The van der Waals surface area contributed by atoms with Crippen LogP contribution in [0.25, 0.3) is 0 Å². The SMILES string of the molecule is CC(C)(C)OC(=O)N[C@@H](C#N)CC(F)(F)F. The van der Waals surface area contributed by atoms with E-state index in [1.807, 2.05) is 5.32 Å². The summed E-state index contributed by atoms with van der Waals surface area (Å²) in [5, 5.41) is 10.3. The molecule has 0 aromatic heterocycles. The van der Waals surface area contributed by atoms with Gasteiger partial charge >= 0.3 is 12.3 Å². The number of alkyl carbamates (subject to hydrolysis) is 1. The number of hydrogen-bond acceptors (Lipinski definition) is 3. The van der Waals surface area contributed by atoms with Crippen LogP contribution in [-0.4, -0.2) is 23.9 Å². The van der Waals surface area contributed by atoms with Crippen molar-refractivity contribution in [3.8, 4) is 6.07 Å². The second-order valence-electron chi connectivity index (χ2n) is 4.15. The highest BCUT2D eigenvalue weighted by molar-refractivity contribution is 5.68. The molecule has 7 heteroatoms. The summed E-state index contributed by atoms with van der Waals surface area (Å²) in [6, 6.07) is -0.286. The molecule has 1 N–H and O–H groups in total. The number of hydrogen-bond donors (Lipinski definition) is 1. The van der Waals surface area contributed by atoms with Gasteiger partial charge in [-0.15, -0.1) is 0 Å². The highest BCUT2D eigenvalue weighted by Crippen LogP contribution is 2.21. The van der Waals surface area contributed by atoms with Gasteiger partial charge in [0, 0.05) is 0 Å². The van der Waals surface area contributed by atoms with E-state index in [-0.39, 0.29) is 0 Å². The van der Waals surface area contributed by atoms with Crippen molar-refractivity contribution in [2.24, 2.45) is 0 Å². The summed E-state index contributed by atoms with van der Waals surface area (Å²) in [4.78, 5) is 11.1. The molecule has 0 aliphatic heterocycles. The largest absolute Gasteiger partial charge is 0.444 e. The summed E-state index contributed by atoms with van der Waals surface area (Å²) in [6.07, 6.45) is -6.94. The Morgan fingerprint density at radius 1 is 1.44 bits per heavy atom. The quantitative estimate of drug-likeness (QED) is 0.803. The molecule has 0 fully saturated rings. The molecule has 0 aliphatic rings. The maximum atomic E-state index is 11.9. The smallest absolute Gasteiger partial charge is 0.408 e. The summed E-state index contributed by atoms with van der Waals surface area (Å²) in [6.45, 7) is 4.70. The number of carbonyl (C=O) groups excluding carboxylic acids is 1. The van der Waals surface area contributed by atoms with Gasteiger partial charge in [0.2, 0.25) is 0 Å². The minimum absolute atomic E-state index is 0.817. The predicted molar refractivity (Wildman–Crippen MR) is 49.4 cm³/mol. The van der Waals surface area contributed by atoms with Crippen molar-refractivity contribution in [3.05, 3.63) is 0 Å². The van der Waals surface area contributed by atoms with E-state index in [1.165, 1.54) is 6.07 Å². The second-order valence-corrected chi connectivity index (χ2v) is 4.15. The number of nitriles is 1. The van der Waals surface area contributed by atoms with Crippen LogP contribution in [-0.2, 0) is 4.74 Å². The van der Waals surface area contributed by atoms with Gasteiger partial charge in [0.1, 0.15) is 11.6 Å². The molecule has 0 aromatic rings. The molecular formula is C9H13F3N2O2. The summed E-state index contributed by atoms with van der Waals surface area (Å²) < 4.78 is 40.5.